The fourth-order valence-corrected chi connectivity index (χ4v) is 3.70. The van der Waals surface area contributed by atoms with Crippen LogP contribution in [0, 0.1) is 0 Å². The highest BCUT2D eigenvalue weighted by Crippen LogP contribution is 2.32. The first kappa shape index (κ1) is 15.3. The number of nitrogens with one attached hydrogen (secondary N) is 1. The van der Waals surface area contributed by atoms with Crippen LogP contribution < -0.4 is 5.32 Å². The maximum absolute atomic E-state index is 12.9. The van der Waals surface area contributed by atoms with Crippen molar-refractivity contribution in [3.8, 4) is 0 Å². The Bertz CT molecular complexity index is 694. The number of rotatable bonds is 3. The van der Waals surface area contributed by atoms with Crippen molar-refractivity contribution in [3.05, 3.63) is 42.0 Å². The van der Waals surface area contributed by atoms with Crippen LogP contribution in [-0.4, -0.2) is 50.4 Å². The molecule has 1 amide bonds. The normalized spacial score (nSPS) is 22.0. The number of pyridine rings is 1. The number of carbonyl (C=O) groups is 1. The first-order valence-electron chi connectivity index (χ1n) is 8.66. The predicted octanol–water partition coefficient (Wildman–Crippen LogP) is 1.57. The lowest BCUT2D eigenvalue weighted by molar-refractivity contribution is 0.0729. The van der Waals surface area contributed by atoms with Crippen molar-refractivity contribution >= 4 is 5.91 Å². The molecule has 1 unspecified atom stereocenters. The van der Waals surface area contributed by atoms with Gasteiger partial charge in [0, 0.05) is 18.9 Å². The van der Waals surface area contributed by atoms with Gasteiger partial charge in [-0.2, -0.15) is 0 Å². The van der Waals surface area contributed by atoms with Crippen molar-refractivity contribution in [3.63, 3.8) is 0 Å². The van der Waals surface area contributed by atoms with Crippen LogP contribution in [0.3, 0.4) is 0 Å². The van der Waals surface area contributed by atoms with E-state index in [1.165, 1.54) is 0 Å². The van der Waals surface area contributed by atoms with E-state index in [0.29, 0.717) is 11.7 Å². The first-order valence-corrected chi connectivity index (χ1v) is 8.66. The molecule has 1 atom stereocenters. The Kier molecular flexibility index (Phi) is 4.25. The summed E-state index contributed by atoms with van der Waals surface area (Å²) in [7, 11) is 0. The molecule has 2 aliphatic rings. The Morgan fingerprint density at radius 2 is 2.12 bits per heavy atom. The third-order valence-electron chi connectivity index (χ3n) is 5.00. The van der Waals surface area contributed by atoms with Gasteiger partial charge in [-0.05, 0) is 50.4 Å². The predicted molar refractivity (Wildman–Crippen MR) is 88.4 cm³/mol. The summed E-state index contributed by atoms with van der Waals surface area (Å²) in [5, 5.41) is 11.7. The summed E-state index contributed by atoms with van der Waals surface area (Å²) >= 11 is 0. The van der Waals surface area contributed by atoms with E-state index in [4.69, 9.17) is 0 Å². The van der Waals surface area contributed by atoms with E-state index < -0.39 is 0 Å². The summed E-state index contributed by atoms with van der Waals surface area (Å²) in [6.07, 6.45) is 9.46. The number of hydrogen-bond donors (Lipinski definition) is 1. The van der Waals surface area contributed by atoms with Crippen molar-refractivity contribution in [2.24, 2.45) is 0 Å². The average molecular weight is 326 g/mol. The number of nitrogens with zero attached hydrogens (tertiary/aromatic N) is 5. The van der Waals surface area contributed by atoms with E-state index in [1.807, 2.05) is 34.1 Å². The highest BCUT2D eigenvalue weighted by Gasteiger charge is 2.32. The Morgan fingerprint density at radius 1 is 1.25 bits per heavy atom. The van der Waals surface area contributed by atoms with E-state index in [-0.39, 0.29) is 11.9 Å². The fraction of sp³-hybridized carbons (Fsp3) is 0.529. The van der Waals surface area contributed by atoms with Gasteiger partial charge in [-0.3, -0.25) is 9.78 Å². The minimum absolute atomic E-state index is 0.0264. The molecule has 0 spiro atoms. The second-order valence-electron chi connectivity index (χ2n) is 6.51. The van der Waals surface area contributed by atoms with Crippen LogP contribution in [0.15, 0.2) is 30.7 Å². The van der Waals surface area contributed by atoms with Gasteiger partial charge in [-0.25, -0.2) is 4.68 Å². The summed E-state index contributed by atoms with van der Waals surface area (Å²) < 4.78 is 1.86. The molecule has 0 aliphatic carbocycles. The maximum Gasteiger partial charge on any atom is 0.276 e. The van der Waals surface area contributed by atoms with E-state index in [1.54, 1.807) is 6.20 Å². The van der Waals surface area contributed by atoms with Gasteiger partial charge < -0.3 is 10.2 Å². The highest BCUT2D eigenvalue weighted by atomic mass is 16.2. The fourth-order valence-electron chi connectivity index (χ4n) is 3.70. The highest BCUT2D eigenvalue weighted by molar-refractivity contribution is 5.92. The molecule has 7 heteroatoms. The van der Waals surface area contributed by atoms with Gasteiger partial charge in [-0.1, -0.05) is 11.3 Å². The molecule has 126 valence electrons. The number of aromatic nitrogens is 4. The molecule has 2 aromatic rings. The van der Waals surface area contributed by atoms with Crippen LogP contribution in [0.4, 0.5) is 0 Å². The van der Waals surface area contributed by atoms with Crippen LogP contribution in [0.25, 0.3) is 0 Å². The van der Waals surface area contributed by atoms with Gasteiger partial charge in [0.1, 0.15) is 0 Å². The van der Waals surface area contributed by atoms with Gasteiger partial charge in [0.15, 0.2) is 5.69 Å². The Hall–Kier alpha value is -2.28. The molecule has 24 heavy (non-hydrogen) atoms. The molecule has 4 heterocycles. The van der Waals surface area contributed by atoms with Gasteiger partial charge in [0.25, 0.3) is 5.91 Å². The number of likely N-dealkylation sites (tertiary alicyclic amines) is 1. The molecule has 2 aliphatic heterocycles. The number of hydrogen-bond acceptors (Lipinski definition) is 5. The third kappa shape index (κ3) is 2.91. The molecule has 1 N–H and O–H groups in total. The molecular formula is C17H22N6O. The number of piperidine rings is 1. The lowest BCUT2D eigenvalue weighted by atomic mass is 10.1. The van der Waals surface area contributed by atoms with Crippen molar-refractivity contribution in [2.45, 2.75) is 37.8 Å². The van der Waals surface area contributed by atoms with Gasteiger partial charge in [-0.15, -0.1) is 5.10 Å². The Morgan fingerprint density at radius 3 is 2.92 bits per heavy atom. The van der Waals surface area contributed by atoms with E-state index in [9.17, 15) is 4.79 Å². The SMILES string of the molecule is O=C(c1cn(C2CCNCC2)nn1)N1CCCC1c1cccnc1. The molecule has 7 nitrogen and oxygen atoms in total. The van der Waals surface area contributed by atoms with Gasteiger partial charge in [0.05, 0.1) is 18.3 Å². The Labute approximate surface area is 141 Å². The maximum atomic E-state index is 12.9. The van der Waals surface area contributed by atoms with Gasteiger partial charge in [0.2, 0.25) is 0 Å². The zero-order valence-corrected chi connectivity index (χ0v) is 13.6. The van der Waals surface area contributed by atoms with E-state index in [0.717, 1.165) is 50.9 Å². The second-order valence-corrected chi connectivity index (χ2v) is 6.51. The van der Waals surface area contributed by atoms with Crippen LogP contribution >= 0.6 is 0 Å². The standard InChI is InChI=1S/C17H22N6O/c24-17(15-12-23(21-20-15)14-5-8-18-9-6-14)22-10-2-4-16(22)13-3-1-7-19-11-13/h1,3,7,11-12,14,16,18H,2,4-6,8-10H2. The summed E-state index contributed by atoms with van der Waals surface area (Å²) in [4.78, 5) is 19.0. The minimum Gasteiger partial charge on any atom is -0.330 e. The topological polar surface area (TPSA) is 75.9 Å². The van der Waals surface area contributed by atoms with Crippen LogP contribution in [0.1, 0.15) is 53.8 Å². The van der Waals surface area contributed by atoms with E-state index in [2.05, 4.69) is 20.6 Å². The van der Waals surface area contributed by atoms with Gasteiger partial charge >= 0.3 is 0 Å². The lowest BCUT2D eigenvalue weighted by Gasteiger charge is -2.24. The van der Waals surface area contributed by atoms with Crippen LogP contribution in [-0.2, 0) is 0 Å². The van der Waals surface area contributed by atoms with Crippen molar-refractivity contribution in [1.82, 2.24) is 30.2 Å². The third-order valence-corrected chi connectivity index (χ3v) is 5.00. The average Bonchev–Trinajstić information content (AvgIpc) is 3.32. The molecule has 0 saturated carbocycles. The van der Waals surface area contributed by atoms with Crippen molar-refractivity contribution in [1.29, 1.82) is 0 Å². The second kappa shape index (κ2) is 6.68. The Balaban J connectivity index is 1.51. The zero-order chi connectivity index (χ0) is 16.4. The molecule has 2 saturated heterocycles. The monoisotopic (exact) mass is 326 g/mol. The van der Waals surface area contributed by atoms with Crippen LogP contribution in [0.5, 0.6) is 0 Å². The molecule has 0 bridgehead atoms. The van der Waals surface area contributed by atoms with Crippen molar-refractivity contribution in [2.75, 3.05) is 19.6 Å². The summed E-state index contributed by atoms with van der Waals surface area (Å²) in [6, 6.07) is 4.39. The number of carbonyl (C=O) groups excluding carboxylic acids is 1. The molecule has 4 rings (SSSR count). The smallest absolute Gasteiger partial charge is 0.276 e. The molecule has 2 aromatic heterocycles. The van der Waals surface area contributed by atoms with Crippen LogP contribution in [0.2, 0.25) is 0 Å². The summed E-state index contributed by atoms with van der Waals surface area (Å²) in [6.45, 7) is 2.74. The molecular weight excluding hydrogens is 304 g/mol. The molecule has 2 fully saturated rings. The summed E-state index contributed by atoms with van der Waals surface area (Å²) in [5.41, 5.74) is 1.54. The van der Waals surface area contributed by atoms with E-state index >= 15 is 0 Å². The minimum atomic E-state index is -0.0264. The summed E-state index contributed by atoms with van der Waals surface area (Å²) in [5.74, 6) is -0.0264. The number of amides is 1. The molecule has 0 radical (unpaired) electrons. The quantitative estimate of drug-likeness (QED) is 0.927. The largest absolute Gasteiger partial charge is 0.330 e. The van der Waals surface area contributed by atoms with Crippen molar-refractivity contribution < 1.29 is 4.79 Å². The molecule has 0 aromatic carbocycles. The first-order chi connectivity index (χ1) is 11.8. The lowest BCUT2D eigenvalue weighted by Crippen LogP contribution is -2.31. The zero-order valence-electron chi connectivity index (χ0n) is 13.6.